The van der Waals surface area contributed by atoms with Crippen LogP contribution < -0.4 is 5.73 Å². The Bertz CT molecular complexity index is 1090. The molecule has 0 spiro atoms. The zero-order valence-corrected chi connectivity index (χ0v) is 16.8. The average Bonchev–Trinajstić information content (AvgIpc) is 2.90. The molecule has 1 aliphatic rings. The van der Waals surface area contributed by atoms with Crippen molar-refractivity contribution in [3.05, 3.63) is 56.9 Å². The largest absolute Gasteiger partial charge is 0.507 e. The standard InChI is InChI=1S/C18H12Cl2N4O4S/c19-10-1-3-13(12(20)7-10)23-22-11-2-4-14(25)9(5-11)6-15-17(27)24(8-16(21)26)18(28)29-15/h1-7,25H,8H2,(H2,21,26)/b15-6-,23-22?. The van der Waals surface area contributed by atoms with Crippen molar-refractivity contribution in [1.29, 1.82) is 0 Å². The quantitative estimate of drug-likeness (QED) is 0.506. The van der Waals surface area contributed by atoms with Crippen LogP contribution in [0, 0.1) is 0 Å². The van der Waals surface area contributed by atoms with Crippen molar-refractivity contribution in [3.8, 4) is 5.75 Å². The summed E-state index contributed by atoms with van der Waals surface area (Å²) >= 11 is 12.5. The molecule has 3 rings (SSSR count). The number of hydrogen-bond donors (Lipinski definition) is 2. The van der Waals surface area contributed by atoms with Crippen LogP contribution >= 0.6 is 35.0 Å². The van der Waals surface area contributed by atoms with Crippen molar-refractivity contribution < 1.29 is 19.5 Å². The van der Waals surface area contributed by atoms with Crippen molar-refractivity contribution >= 4 is 69.5 Å². The van der Waals surface area contributed by atoms with E-state index in [9.17, 15) is 19.5 Å². The summed E-state index contributed by atoms with van der Waals surface area (Å²) in [7, 11) is 0. The summed E-state index contributed by atoms with van der Waals surface area (Å²) in [6, 6.07) is 9.11. The first-order valence-corrected chi connectivity index (χ1v) is 9.55. The van der Waals surface area contributed by atoms with E-state index in [1.165, 1.54) is 30.3 Å². The number of nitrogens with two attached hydrogens (primary N) is 1. The number of carbonyl (C=O) groups is 3. The first kappa shape index (κ1) is 20.8. The third-order valence-corrected chi connectivity index (χ3v) is 5.11. The molecular formula is C18H12Cl2N4O4S. The fourth-order valence-corrected chi connectivity index (χ4v) is 3.60. The van der Waals surface area contributed by atoms with Crippen LogP contribution in [0.1, 0.15) is 5.56 Å². The van der Waals surface area contributed by atoms with E-state index >= 15 is 0 Å². The fraction of sp³-hybridized carbons (Fsp3) is 0.0556. The molecule has 11 heteroatoms. The van der Waals surface area contributed by atoms with Gasteiger partial charge in [0.2, 0.25) is 5.91 Å². The van der Waals surface area contributed by atoms with E-state index < -0.39 is 23.6 Å². The van der Waals surface area contributed by atoms with Gasteiger partial charge in [-0.15, -0.1) is 5.11 Å². The minimum Gasteiger partial charge on any atom is -0.507 e. The molecule has 3 N–H and O–H groups in total. The van der Waals surface area contributed by atoms with Gasteiger partial charge in [0, 0.05) is 10.6 Å². The average molecular weight is 451 g/mol. The molecule has 8 nitrogen and oxygen atoms in total. The molecule has 1 aliphatic heterocycles. The summed E-state index contributed by atoms with van der Waals surface area (Å²) < 4.78 is 0. The van der Waals surface area contributed by atoms with Crippen molar-refractivity contribution in [3.63, 3.8) is 0 Å². The second kappa shape index (κ2) is 8.64. The molecule has 2 aromatic rings. The van der Waals surface area contributed by atoms with Gasteiger partial charge in [-0.3, -0.25) is 19.3 Å². The maximum Gasteiger partial charge on any atom is 0.294 e. The van der Waals surface area contributed by atoms with E-state index in [0.29, 0.717) is 33.2 Å². The molecule has 0 atom stereocenters. The van der Waals surface area contributed by atoms with Gasteiger partial charge >= 0.3 is 0 Å². The molecule has 2 aromatic carbocycles. The normalized spacial score (nSPS) is 15.7. The number of phenols is 1. The Hall–Kier alpha value is -2.88. The number of primary amides is 1. The highest BCUT2D eigenvalue weighted by atomic mass is 35.5. The number of imide groups is 1. The summed E-state index contributed by atoms with van der Waals surface area (Å²) in [5, 5.41) is 18.3. The van der Waals surface area contributed by atoms with Crippen LogP contribution in [-0.2, 0) is 9.59 Å². The molecule has 0 aromatic heterocycles. The molecule has 0 radical (unpaired) electrons. The van der Waals surface area contributed by atoms with E-state index in [2.05, 4.69) is 10.2 Å². The van der Waals surface area contributed by atoms with E-state index in [0.717, 1.165) is 4.90 Å². The van der Waals surface area contributed by atoms with Crippen molar-refractivity contribution in [2.45, 2.75) is 0 Å². The minimum absolute atomic E-state index is 0.0429. The van der Waals surface area contributed by atoms with Gasteiger partial charge in [0.05, 0.1) is 15.6 Å². The highest BCUT2D eigenvalue weighted by molar-refractivity contribution is 8.18. The first-order valence-electron chi connectivity index (χ1n) is 7.98. The Morgan fingerprint density at radius 3 is 2.62 bits per heavy atom. The second-order valence-corrected chi connectivity index (χ2v) is 7.61. The minimum atomic E-state index is -0.806. The van der Waals surface area contributed by atoms with E-state index in [4.69, 9.17) is 28.9 Å². The Kier molecular flexibility index (Phi) is 6.21. The number of rotatable bonds is 5. The monoisotopic (exact) mass is 450 g/mol. The van der Waals surface area contributed by atoms with Crippen molar-refractivity contribution in [2.75, 3.05) is 6.54 Å². The number of hydrogen-bond acceptors (Lipinski definition) is 7. The molecule has 0 aliphatic carbocycles. The number of benzene rings is 2. The third kappa shape index (κ3) is 4.94. The summed E-state index contributed by atoms with van der Waals surface area (Å²) in [6.07, 6.45) is 1.33. The maximum atomic E-state index is 12.3. The SMILES string of the molecule is NC(=O)CN1C(=O)S/C(=C\c2cc(N=Nc3ccc(Cl)cc3Cl)ccc2O)C1=O. The van der Waals surface area contributed by atoms with Gasteiger partial charge in [-0.05, 0) is 54.2 Å². The lowest BCUT2D eigenvalue weighted by Gasteiger charge is -2.08. The first-order chi connectivity index (χ1) is 13.7. The topological polar surface area (TPSA) is 125 Å². The summed E-state index contributed by atoms with van der Waals surface area (Å²) in [5.74, 6) is -1.60. The molecule has 3 amide bonds. The number of phenolic OH excluding ortho intramolecular Hbond substituents is 1. The van der Waals surface area contributed by atoms with Crippen LogP contribution in [0.2, 0.25) is 10.0 Å². The Morgan fingerprint density at radius 1 is 1.17 bits per heavy atom. The lowest BCUT2D eigenvalue weighted by Crippen LogP contribution is -2.36. The third-order valence-electron chi connectivity index (χ3n) is 3.67. The van der Waals surface area contributed by atoms with Crippen LogP contribution in [0.5, 0.6) is 5.75 Å². The molecule has 0 unspecified atom stereocenters. The molecule has 1 heterocycles. The van der Waals surface area contributed by atoms with Gasteiger partial charge in [-0.2, -0.15) is 5.11 Å². The van der Waals surface area contributed by atoms with Gasteiger partial charge in [0.1, 0.15) is 18.0 Å². The molecule has 0 bridgehead atoms. The fourth-order valence-electron chi connectivity index (χ4n) is 2.33. The second-order valence-electron chi connectivity index (χ2n) is 5.77. The molecule has 1 fully saturated rings. The Labute approximate surface area is 179 Å². The highest BCUT2D eigenvalue weighted by Gasteiger charge is 2.36. The smallest absolute Gasteiger partial charge is 0.294 e. The van der Waals surface area contributed by atoms with Gasteiger partial charge in [-0.25, -0.2) is 0 Å². The lowest BCUT2D eigenvalue weighted by molar-refractivity contribution is -0.127. The molecular weight excluding hydrogens is 439 g/mol. The van der Waals surface area contributed by atoms with Crippen LogP contribution in [0.4, 0.5) is 16.2 Å². The van der Waals surface area contributed by atoms with E-state index in [-0.39, 0.29) is 16.2 Å². The van der Waals surface area contributed by atoms with Crippen LogP contribution in [0.3, 0.4) is 0 Å². The summed E-state index contributed by atoms with van der Waals surface area (Å²) in [6.45, 7) is -0.510. The number of amides is 3. The number of carbonyl (C=O) groups excluding carboxylic acids is 3. The van der Waals surface area contributed by atoms with Crippen molar-refractivity contribution in [1.82, 2.24) is 4.90 Å². The predicted molar refractivity (Wildman–Crippen MR) is 111 cm³/mol. The lowest BCUT2D eigenvalue weighted by atomic mass is 10.1. The zero-order valence-electron chi connectivity index (χ0n) is 14.5. The van der Waals surface area contributed by atoms with Crippen molar-refractivity contribution in [2.24, 2.45) is 16.0 Å². The molecule has 148 valence electrons. The van der Waals surface area contributed by atoms with E-state index in [1.807, 2.05) is 0 Å². The van der Waals surface area contributed by atoms with Gasteiger partial charge in [0.25, 0.3) is 11.1 Å². The number of nitrogens with zero attached hydrogens (tertiary/aromatic N) is 3. The van der Waals surface area contributed by atoms with Crippen LogP contribution in [0.15, 0.2) is 51.5 Å². The highest BCUT2D eigenvalue weighted by Crippen LogP contribution is 2.35. The van der Waals surface area contributed by atoms with Gasteiger partial charge in [0.15, 0.2) is 0 Å². The number of halogens is 2. The maximum absolute atomic E-state index is 12.3. The summed E-state index contributed by atoms with van der Waals surface area (Å²) in [4.78, 5) is 36.0. The molecule has 29 heavy (non-hydrogen) atoms. The Balaban J connectivity index is 1.87. The number of aromatic hydroxyl groups is 1. The van der Waals surface area contributed by atoms with E-state index in [1.54, 1.807) is 12.1 Å². The van der Waals surface area contributed by atoms with Gasteiger partial charge < -0.3 is 10.8 Å². The molecule has 1 saturated heterocycles. The number of thioether (sulfide) groups is 1. The summed E-state index contributed by atoms with van der Waals surface area (Å²) in [5.41, 5.74) is 6.06. The molecule has 0 saturated carbocycles. The Morgan fingerprint density at radius 2 is 1.93 bits per heavy atom. The van der Waals surface area contributed by atoms with Crippen LogP contribution in [-0.4, -0.2) is 33.6 Å². The predicted octanol–water partition coefficient (Wildman–Crippen LogP) is 4.64. The van der Waals surface area contributed by atoms with Gasteiger partial charge in [-0.1, -0.05) is 23.2 Å². The van der Waals surface area contributed by atoms with Crippen LogP contribution in [0.25, 0.3) is 6.08 Å². The number of azo groups is 1. The zero-order chi connectivity index (χ0) is 21.1.